The van der Waals surface area contributed by atoms with Crippen LogP contribution in [-0.2, 0) is 17.8 Å². The van der Waals surface area contributed by atoms with Crippen molar-refractivity contribution in [2.45, 2.75) is 19.0 Å². The largest absolute Gasteiger partial charge is 0.481 e. The van der Waals surface area contributed by atoms with E-state index in [0.717, 1.165) is 5.69 Å². The third-order valence-electron chi connectivity index (χ3n) is 2.65. The first-order valence-electron chi connectivity index (χ1n) is 5.96. The third kappa shape index (κ3) is 3.51. The summed E-state index contributed by atoms with van der Waals surface area (Å²) in [6, 6.07) is 4.45. The lowest BCUT2D eigenvalue weighted by Crippen LogP contribution is -2.32. The lowest BCUT2D eigenvalue weighted by Gasteiger charge is -2.03. The molecule has 0 fully saturated rings. The van der Waals surface area contributed by atoms with Crippen LogP contribution in [0.25, 0.3) is 0 Å². The van der Waals surface area contributed by atoms with Crippen molar-refractivity contribution in [2.24, 2.45) is 5.73 Å². The van der Waals surface area contributed by atoms with Crippen LogP contribution in [0.4, 0.5) is 0 Å². The molecular weight excluding hydrogens is 262 g/mol. The molecule has 2 rings (SSSR count). The van der Waals surface area contributed by atoms with Gasteiger partial charge in [-0.25, -0.2) is 9.67 Å². The zero-order chi connectivity index (χ0) is 14.5. The molecule has 0 saturated heterocycles. The second kappa shape index (κ2) is 6.11. The van der Waals surface area contributed by atoms with E-state index in [1.54, 1.807) is 24.1 Å². The second-order valence-corrected chi connectivity index (χ2v) is 4.23. The molecule has 2 heterocycles. The summed E-state index contributed by atoms with van der Waals surface area (Å²) >= 11 is 0. The zero-order valence-electron chi connectivity index (χ0n) is 10.9. The Morgan fingerprint density at radius 3 is 3.00 bits per heavy atom. The maximum atomic E-state index is 10.7. The fourth-order valence-corrected chi connectivity index (χ4v) is 1.65. The summed E-state index contributed by atoms with van der Waals surface area (Å²) in [7, 11) is 1.55. The van der Waals surface area contributed by atoms with Crippen molar-refractivity contribution in [3.05, 3.63) is 35.8 Å². The van der Waals surface area contributed by atoms with Gasteiger partial charge in [-0.05, 0) is 6.07 Å². The summed E-state index contributed by atoms with van der Waals surface area (Å²) < 4.78 is 6.61. The van der Waals surface area contributed by atoms with E-state index >= 15 is 0 Å². The topological polar surface area (TPSA) is 116 Å². The molecule has 0 aromatic carbocycles. The Balaban J connectivity index is 2.03. The zero-order valence-corrected chi connectivity index (χ0v) is 10.9. The lowest BCUT2D eigenvalue weighted by atomic mass is 10.2. The molecule has 0 saturated carbocycles. The van der Waals surface area contributed by atoms with E-state index in [1.807, 2.05) is 12.1 Å². The van der Waals surface area contributed by atoms with E-state index < -0.39 is 12.0 Å². The average Bonchev–Trinajstić information content (AvgIpc) is 2.86. The molecule has 8 nitrogen and oxygen atoms in total. The van der Waals surface area contributed by atoms with Crippen molar-refractivity contribution >= 4 is 5.97 Å². The highest BCUT2D eigenvalue weighted by Crippen LogP contribution is 2.08. The number of carbonyl (C=O) groups is 1. The van der Waals surface area contributed by atoms with Gasteiger partial charge in [-0.1, -0.05) is 11.3 Å². The number of aromatic nitrogens is 4. The number of hydrogen-bond donors (Lipinski definition) is 2. The molecule has 0 amide bonds. The molecule has 1 atom stereocenters. The Bertz CT molecular complexity index is 598. The third-order valence-corrected chi connectivity index (χ3v) is 2.65. The van der Waals surface area contributed by atoms with Crippen LogP contribution in [-0.4, -0.2) is 44.2 Å². The van der Waals surface area contributed by atoms with Gasteiger partial charge in [0.1, 0.15) is 6.04 Å². The van der Waals surface area contributed by atoms with E-state index in [2.05, 4.69) is 15.3 Å². The molecule has 20 heavy (non-hydrogen) atoms. The highest BCUT2D eigenvalue weighted by Gasteiger charge is 2.14. The number of carboxylic acids is 1. The van der Waals surface area contributed by atoms with Gasteiger partial charge in [0.2, 0.25) is 5.88 Å². The molecule has 0 radical (unpaired) electrons. The number of rotatable bonds is 6. The van der Waals surface area contributed by atoms with Crippen LogP contribution in [0.3, 0.4) is 0 Å². The maximum Gasteiger partial charge on any atom is 0.320 e. The SMILES string of the molecule is COc1cccc(Cn2cc(CC(N)C(=O)O)nn2)n1. The first-order chi connectivity index (χ1) is 9.58. The van der Waals surface area contributed by atoms with E-state index in [4.69, 9.17) is 15.6 Å². The molecule has 8 heteroatoms. The molecule has 2 aromatic rings. The van der Waals surface area contributed by atoms with Crippen molar-refractivity contribution in [1.82, 2.24) is 20.0 Å². The number of pyridine rings is 1. The van der Waals surface area contributed by atoms with Gasteiger partial charge in [-0.2, -0.15) is 0 Å². The minimum absolute atomic E-state index is 0.140. The number of carboxylic acid groups (broad SMARTS) is 1. The van der Waals surface area contributed by atoms with E-state index in [-0.39, 0.29) is 6.42 Å². The van der Waals surface area contributed by atoms with Crippen molar-refractivity contribution in [1.29, 1.82) is 0 Å². The monoisotopic (exact) mass is 277 g/mol. The molecule has 1 unspecified atom stereocenters. The van der Waals surface area contributed by atoms with Crippen molar-refractivity contribution in [3.8, 4) is 5.88 Å². The minimum atomic E-state index is -1.06. The van der Waals surface area contributed by atoms with Gasteiger partial charge < -0.3 is 15.6 Å². The van der Waals surface area contributed by atoms with Gasteiger partial charge in [-0.15, -0.1) is 5.10 Å². The van der Waals surface area contributed by atoms with Gasteiger partial charge in [-0.3, -0.25) is 4.79 Å². The van der Waals surface area contributed by atoms with Crippen LogP contribution in [0, 0.1) is 0 Å². The number of ether oxygens (including phenoxy) is 1. The van der Waals surface area contributed by atoms with Gasteiger partial charge in [0.05, 0.1) is 25.0 Å². The quantitative estimate of drug-likeness (QED) is 0.743. The Morgan fingerprint density at radius 1 is 1.50 bits per heavy atom. The Labute approximate surface area is 115 Å². The summed E-state index contributed by atoms with van der Waals surface area (Å²) in [5, 5.41) is 16.5. The lowest BCUT2D eigenvalue weighted by molar-refractivity contribution is -0.138. The molecule has 0 bridgehead atoms. The first kappa shape index (κ1) is 13.9. The molecule has 0 spiro atoms. The summed E-state index contributed by atoms with van der Waals surface area (Å²) in [4.78, 5) is 14.9. The smallest absolute Gasteiger partial charge is 0.320 e. The standard InChI is InChI=1S/C12H15N5O3/c1-20-11-4-2-3-8(14-11)6-17-7-9(15-16-17)5-10(13)12(18)19/h2-4,7,10H,5-6,13H2,1H3,(H,18,19). The summed E-state index contributed by atoms with van der Waals surface area (Å²) in [5.41, 5.74) is 6.74. The molecule has 2 aromatic heterocycles. The molecule has 0 aliphatic carbocycles. The van der Waals surface area contributed by atoms with Crippen LogP contribution in [0.5, 0.6) is 5.88 Å². The second-order valence-electron chi connectivity index (χ2n) is 4.23. The molecule has 106 valence electrons. The van der Waals surface area contributed by atoms with Crippen LogP contribution in [0.2, 0.25) is 0 Å². The maximum absolute atomic E-state index is 10.7. The van der Waals surface area contributed by atoms with Crippen LogP contribution in [0.1, 0.15) is 11.4 Å². The number of hydrogen-bond acceptors (Lipinski definition) is 6. The van der Waals surface area contributed by atoms with Gasteiger partial charge in [0.25, 0.3) is 0 Å². The van der Waals surface area contributed by atoms with Crippen LogP contribution >= 0.6 is 0 Å². The molecule has 0 aliphatic heterocycles. The Hall–Kier alpha value is -2.48. The van der Waals surface area contributed by atoms with Crippen LogP contribution < -0.4 is 10.5 Å². The van der Waals surface area contributed by atoms with Gasteiger partial charge in [0, 0.05) is 18.7 Å². The summed E-state index contributed by atoms with van der Waals surface area (Å²) in [5.74, 6) is -0.537. The Kier molecular flexibility index (Phi) is 4.26. The summed E-state index contributed by atoms with van der Waals surface area (Å²) in [6.07, 6.45) is 1.80. The molecule has 0 aliphatic rings. The van der Waals surface area contributed by atoms with E-state index in [1.165, 1.54) is 0 Å². The highest BCUT2D eigenvalue weighted by atomic mass is 16.5. The number of nitrogens with two attached hydrogens (primary N) is 1. The van der Waals surface area contributed by atoms with E-state index in [9.17, 15) is 4.79 Å². The normalized spacial score (nSPS) is 12.1. The van der Waals surface area contributed by atoms with E-state index in [0.29, 0.717) is 18.1 Å². The fraction of sp³-hybridized carbons (Fsp3) is 0.333. The molecule has 3 N–H and O–H groups in total. The van der Waals surface area contributed by atoms with Crippen molar-refractivity contribution < 1.29 is 14.6 Å². The number of aliphatic carboxylic acids is 1. The first-order valence-corrected chi connectivity index (χ1v) is 5.96. The van der Waals surface area contributed by atoms with Crippen LogP contribution in [0.15, 0.2) is 24.4 Å². The summed E-state index contributed by atoms with van der Waals surface area (Å²) in [6.45, 7) is 0.423. The Morgan fingerprint density at radius 2 is 2.30 bits per heavy atom. The fourth-order valence-electron chi connectivity index (χ4n) is 1.65. The van der Waals surface area contributed by atoms with Gasteiger partial charge in [0.15, 0.2) is 0 Å². The van der Waals surface area contributed by atoms with Crippen molar-refractivity contribution in [2.75, 3.05) is 7.11 Å². The highest BCUT2D eigenvalue weighted by molar-refractivity contribution is 5.73. The minimum Gasteiger partial charge on any atom is -0.481 e. The molecular formula is C12H15N5O3. The number of nitrogens with zero attached hydrogens (tertiary/aromatic N) is 4. The number of methoxy groups -OCH3 is 1. The average molecular weight is 277 g/mol. The van der Waals surface area contributed by atoms with Gasteiger partial charge >= 0.3 is 5.97 Å². The predicted octanol–water partition coefficient (Wildman–Crippen LogP) is -0.316. The predicted molar refractivity (Wildman–Crippen MR) is 69.2 cm³/mol. The van der Waals surface area contributed by atoms with Crippen molar-refractivity contribution in [3.63, 3.8) is 0 Å².